The first-order valence-electron chi connectivity index (χ1n) is 11.5. The van der Waals surface area contributed by atoms with Crippen molar-refractivity contribution in [3.63, 3.8) is 0 Å². The molecule has 1 N–H and O–H groups in total. The van der Waals surface area contributed by atoms with Crippen LogP contribution in [0.1, 0.15) is 57.1 Å². The van der Waals surface area contributed by atoms with Crippen molar-refractivity contribution in [3.8, 4) is 11.3 Å². The fourth-order valence-corrected chi connectivity index (χ4v) is 4.71. The van der Waals surface area contributed by atoms with Crippen LogP contribution < -0.4 is 0 Å². The normalized spacial score (nSPS) is 15.4. The number of benzene rings is 2. The Kier molecular flexibility index (Phi) is 5.40. The van der Waals surface area contributed by atoms with Gasteiger partial charge in [-0.05, 0) is 61.6 Å². The fraction of sp³-hybridized carbons (Fsp3) is 0.259. The molecule has 3 heterocycles. The molecule has 7 heteroatoms. The summed E-state index contributed by atoms with van der Waals surface area (Å²) < 4.78 is 1.77. The molecule has 172 valence electrons. The number of carboxylic acid groups (broad SMARTS) is 1. The molecule has 4 aromatic rings. The zero-order valence-electron chi connectivity index (χ0n) is 19.4. The van der Waals surface area contributed by atoms with Crippen LogP contribution in [0.3, 0.4) is 0 Å². The van der Waals surface area contributed by atoms with Crippen LogP contribution in [0.25, 0.3) is 16.9 Å². The van der Waals surface area contributed by atoms with Crippen LogP contribution >= 0.6 is 0 Å². The molecule has 0 radical (unpaired) electrons. The predicted octanol–water partition coefficient (Wildman–Crippen LogP) is 4.55. The van der Waals surface area contributed by atoms with Crippen molar-refractivity contribution in [1.29, 1.82) is 0 Å². The maximum atomic E-state index is 13.5. The Morgan fingerprint density at radius 2 is 1.85 bits per heavy atom. The van der Waals surface area contributed by atoms with Crippen LogP contribution in [-0.2, 0) is 19.4 Å². The third kappa shape index (κ3) is 3.73. The Morgan fingerprint density at radius 1 is 1.09 bits per heavy atom. The molecule has 5 rings (SSSR count). The van der Waals surface area contributed by atoms with E-state index in [4.69, 9.17) is 5.10 Å². The van der Waals surface area contributed by atoms with Crippen molar-refractivity contribution < 1.29 is 14.7 Å². The van der Waals surface area contributed by atoms with Crippen molar-refractivity contribution in [2.24, 2.45) is 0 Å². The number of aryl methyl sites for hydroxylation is 2. The second-order valence-electron chi connectivity index (χ2n) is 8.88. The van der Waals surface area contributed by atoms with E-state index in [1.54, 1.807) is 22.7 Å². The number of amides is 1. The van der Waals surface area contributed by atoms with Crippen LogP contribution in [0.4, 0.5) is 0 Å². The monoisotopic (exact) mass is 454 g/mol. The third-order valence-electron chi connectivity index (χ3n) is 6.60. The Bertz CT molecular complexity index is 1440. The van der Waals surface area contributed by atoms with Gasteiger partial charge in [-0.1, -0.05) is 37.3 Å². The first-order valence-corrected chi connectivity index (χ1v) is 11.5. The van der Waals surface area contributed by atoms with Crippen LogP contribution in [0, 0.1) is 6.92 Å². The largest absolute Gasteiger partial charge is 0.478 e. The molecule has 1 amide bonds. The minimum atomic E-state index is -0.961. The van der Waals surface area contributed by atoms with E-state index >= 15 is 0 Å². The van der Waals surface area contributed by atoms with Gasteiger partial charge in [0.1, 0.15) is 5.69 Å². The topological polar surface area (TPSA) is 87.8 Å². The number of rotatable bonds is 4. The number of aromatic carboxylic acids is 1. The van der Waals surface area contributed by atoms with Crippen molar-refractivity contribution in [2.75, 3.05) is 0 Å². The molecule has 0 aliphatic carbocycles. The summed E-state index contributed by atoms with van der Waals surface area (Å²) in [5.41, 5.74) is 6.97. The number of carbonyl (C=O) groups excluding carboxylic acids is 1. The molecule has 1 unspecified atom stereocenters. The van der Waals surface area contributed by atoms with E-state index < -0.39 is 5.97 Å². The standard InChI is InChI=1S/C27H26N4O3/c1-4-21-13-24(26(32)30-15-20-8-6-5-7-18(20)12-17(30)3)28-25-14-23(29-31(21)25)22-10-9-19(27(33)34)11-16(22)2/h5-11,13-14,17H,4,12,15H2,1-3H3,(H,33,34). The summed E-state index contributed by atoms with van der Waals surface area (Å²) in [6.07, 6.45) is 1.52. The second-order valence-corrected chi connectivity index (χ2v) is 8.88. The highest BCUT2D eigenvalue weighted by atomic mass is 16.4. The number of aromatic nitrogens is 3. The summed E-state index contributed by atoms with van der Waals surface area (Å²) in [6.45, 7) is 6.54. The van der Waals surface area contributed by atoms with E-state index in [0.29, 0.717) is 30.0 Å². The molecule has 0 fully saturated rings. The van der Waals surface area contributed by atoms with E-state index in [2.05, 4.69) is 24.0 Å². The summed E-state index contributed by atoms with van der Waals surface area (Å²) in [6, 6.07) is 17.0. The lowest BCUT2D eigenvalue weighted by Gasteiger charge is -2.34. The van der Waals surface area contributed by atoms with Crippen molar-refractivity contribution in [3.05, 3.63) is 88.2 Å². The third-order valence-corrected chi connectivity index (χ3v) is 6.60. The Morgan fingerprint density at radius 3 is 2.56 bits per heavy atom. The Balaban J connectivity index is 1.53. The highest BCUT2D eigenvalue weighted by Gasteiger charge is 2.29. The molecule has 1 aliphatic rings. The number of hydrogen-bond donors (Lipinski definition) is 1. The molecule has 7 nitrogen and oxygen atoms in total. The molecule has 1 aliphatic heterocycles. The van der Waals surface area contributed by atoms with E-state index in [-0.39, 0.29) is 17.5 Å². The number of nitrogens with zero attached hydrogens (tertiary/aromatic N) is 4. The molecule has 0 bridgehead atoms. The van der Waals surface area contributed by atoms with E-state index in [0.717, 1.165) is 23.2 Å². The zero-order valence-corrected chi connectivity index (χ0v) is 19.4. The fourth-order valence-electron chi connectivity index (χ4n) is 4.71. The van der Waals surface area contributed by atoms with Gasteiger partial charge in [-0.3, -0.25) is 4.79 Å². The van der Waals surface area contributed by atoms with Gasteiger partial charge < -0.3 is 10.0 Å². The van der Waals surface area contributed by atoms with E-state index in [9.17, 15) is 14.7 Å². The van der Waals surface area contributed by atoms with Crippen molar-refractivity contribution in [1.82, 2.24) is 19.5 Å². The van der Waals surface area contributed by atoms with Crippen LogP contribution in [0.15, 0.2) is 54.6 Å². The van der Waals surface area contributed by atoms with Crippen molar-refractivity contribution >= 4 is 17.5 Å². The lowest BCUT2D eigenvalue weighted by molar-refractivity contribution is 0.0650. The summed E-state index contributed by atoms with van der Waals surface area (Å²) in [7, 11) is 0. The minimum Gasteiger partial charge on any atom is -0.478 e. The zero-order chi connectivity index (χ0) is 24.0. The molecule has 1 atom stereocenters. The van der Waals surface area contributed by atoms with Gasteiger partial charge >= 0.3 is 5.97 Å². The summed E-state index contributed by atoms with van der Waals surface area (Å²) in [5.74, 6) is -1.04. The molecule has 2 aromatic carbocycles. The maximum Gasteiger partial charge on any atom is 0.335 e. The Labute approximate surface area is 197 Å². The molecule has 0 spiro atoms. The summed E-state index contributed by atoms with van der Waals surface area (Å²) in [5, 5.41) is 14.0. The number of carboxylic acids is 1. The van der Waals surface area contributed by atoms with Crippen LogP contribution in [-0.4, -0.2) is 42.5 Å². The minimum absolute atomic E-state index is 0.0797. The first-order chi connectivity index (χ1) is 16.4. The van der Waals surface area contributed by atoms with Gasteiger partial charge in [0.2, 0.25) is 0 Å². The van der Waals surface area contributed by atoms with Gasteiger partial charge in [0.05, 0.1) is 11.3 Å². The summed E-state index contributed by atoms with van der Waals surface area (Å²) >= 11 is 0. The first kappa shape index (κ1) is 21.8. The Hall–Kier alpha value is -4.00. The van der Waals surface area contributed by atoms with Crippen LogP contribution in [0.2, 0.25) is 0 Å². The van der Waals surface area contributed by atoms with Crippen LogP contribution in [0.5, 0.6) is 0 Å². The van der Waals surface area contributed by atoms with Gasteiger partial charge in [-0.15, -0.1) is 0 Å². The number of carbonyl (C=O) groups is 2. The number of hydrogen-bond acceptors (Lipinski definition) is 4. The van der Waals surface area contributed by atoms with Gasteiger partial charge in [-0.2, -0.15) is 5.10 Å². The molecular weight excluding hydrogens is 428 g/mol. The quantitative estimate of drug-likeness (QED) is 0.489. The average Bonchev–Trinajstić information content (AvgIpc) is 3.26. The van der Waals surface area contributed by atoms with E-state index in [1.807, 2.05) is 43.0 Å². The highest BCUT2D eigenvalue weighted by molar-refractivity contribution is 5.93. The number of fused-ring (bicyclic) bond motifs is 2. The highest BCUT2D eigenvalue weighted by Crippen LogP contribution is 2.27. The maximum absolute atomic E-state index is 13.5. The predicted molar refractivity (Wildman–Crippen MR) is 129 cm³/mol. The molecule has 0 saturated heterocycles. The molecule has 0 saturated carbocycles. The smallest absolute Gasteiger partial charge is 0.335 e. The van der Waals surface area contributed by atoms with E-state index in [1.165, 1.54) is 11.1 Å². The van der Waals surface area contributed by atoms with Gasteiger partial charge in [0.15, 0.2) is 5.65 Å². The van der Waals surface area contributed by atoms with Gasteiger partial charge in [0, 0.05) is 29.9 Å². The summed E-state index contributed by atoms with van der Waals surface area (Å²) in [4.78, 5) is 31.4. The lowest BCUT2D eigenvalue weighted by atomic mass is 9.94. The van der Waals surface area contributed by atoms with Crippen molar-refractivity contribution in [2.45, 2.75) is 46.2 Å². The van der Waals surface area contributed by atoms with Gasteiger partial charge in [-0.25, -0.2) is 14.3 Å². The molecule has 34 heavy (non-hydrogen) atoms. The second kappa shape index (κ2) is 8.41. The SMILES string of the molecule is CCc1cc(C(=O)N2Cc3ccccc3CC2C)nc2cc(-c3ccc(C(=O)O)cc3C)nn12. The van der Waals surface area contributed by atoms with Gasteiger partial charge in [0.25, 0.3) is 5.91 Å². The average molecular weight is 455 g/mol. The lowest BCUT2D eigenvalue weighted by Crippen LogP contribution is -2.43. The molecule has 2 aromatic heterocycles. The molecular formula is C27H26N4O3.